The average Bonchev–Trinajstić information content (AvgIpc) is 2.39. The van der Waals surface area contributed by atoms with E-state index in [1.54, 1.807) is 12.1 Å². The van der Waals surface area contributed by atoms with Crippen LogP contribution in [0.3, 0.4) is 0 Å². The summed E-state index contributed by atoms with van der Waals surface area (Å²) < 4.78 is 56.4. The van der Waals surface area contributed by atoms with Crippen molar-refractivity contribution in [3.63, 3.8) is 0 Å². The number of hydrogen-bond donors (Lipinski definition) is 0. The number of halogens is 4. The van der Waals surface area contributed by atoms with Gasteiger partial charge in [-0.3, -0.25) is 0 Å². The molecule has 0 heterocycles. The largest absolute Gasteiger partial charge is 0.454 e. The molecule has 118 valence electrons. The van der Waals surface area contributed by atoms with Crippen molar-refractivity contribution in [1.82, 2.24) is 0 Å². The maximum atomic E-state index is 13.7. The molecule has 0 aliphatic heterocycles. The van der Waals surface area contributed by atoms with Crippen LogP contribution in [-0.2, 0) is 11.6 Å². The zero-order valence-electron chi connectivity index (χ0n) is 12.5. The Kier molecular flexibility index (Phi) is 4.18. The van der Waals surface area contributed by atoms with Crippen LogP contribution in [0.2, 0.25) is 0 Å². The van der Waals surface area contributed by atoms with Crippen LogP contribution >= 0.6 is 0 Å². The minimum absolute atomic E-state index is 0.0296. The molecule has 1 nitrogen and oxygen atoms in total. The van der Waals surface area contributed by atoms with Crippen LogP contribution in [0, 0.1) is 5.82 Å². The second-order valence-corrected chi connectivity index (χ2v) is 6.02. The Morgan fingerprint density at radius 2 is 1.36 bits per heavy atom. The van der Waals surface area contributed by atoms with E-state index in [-0.39, 0.29) is 11.2 Å². The second-order valence-electron chi connectivity index (χ2n) is 6.02. The van der Waals surface area contributed by atoms with E-state index < -0.39 is 17.6 Å². The normalized spacial score (nSPS) is 12.3. The van der Waals surface area contributed by atoms with Gasteiger partial charge < -0.3 is 4.74 Å². The molecule has 2 rings (SSSR count). The molecule has 5 heteroatoms. The Labute approximate surface area is 126 Å². The summed E-state index contributed by atoms with van der Waals surface area (Å²) in [7, 11) is 0. The molecule has 0 aliphatic carbocycles. The molecule has 0 N–H and O–H groups in total. The number of rotatable bonds is 2. The fourth-order valence-corrected chi connectivity index (χ4v) is 1.91. The van der Waals surface area contributed by atoms with Gasteiger partial charge >= 0.3 is 6.18 Å². The molecule has 0 aliphatic rings. The van der Waals surface area contributed by atoms with Crippen LogP contribution in [0.5, 0.6) is 11.5 Å². The average molecular weight is 312 g/mol. The molecule has 0 radical (unpaired) electrons. The molecule has 0 fully saturated rings. The van der Waals surface area contributed by atoms with E-state index in [1.165, 1.54) is 0 Å². The summed E-state index contributed by atoms with van der Waals surface area (Å²) in [5, 5.41) is 0. The van der Waals surface area contributed by atoms with E-state index in [9.17, 15) is 17.6 Å². The van der Waals surface area contributed by atoms with E-state index in [4.69, 9.17) is 4.74 Å². The molecule has 22 heavy (non-hydrogen) atoms. The van der Waals surface area contributed by atoms with E-state index in [0.717, 1.165) is 17.7 Å². The summed E-state index contributed by atoms with van der Waals surface area (Å²) in [6.45, 7) is 6.16. The minimum atomic E-state index is -4.58. The van der Waals surface area contributed by atoms with Crippen LogP contribution in [-0.4, -0.2) is 0 Å². The van der Waals surface area contributed by atoms with Gasteiger partial charge in [0.2, 0.25) is 0 Å². The maximum Gasteiger partial charge on any atom is 0.416 e. The minimum Gasteiger partial charge on any atom is -0.454 e. The lowest BCUT2D eigenvalue weighted by molar-refractivity contribution is -0.137. The Hall–Kier alpha value is -2.04. The maximum absolute atomic E-state index is 13.7. The van der Waals surface area contributed by atoms with Gasteiger partial charge in [0, 0.05) is 0 Å². The summed E-state index contributed by atoms with van der Waals surface area (Å²) in [6, 6.07) is 9.22. The van der Waals surface area contributed by atoms with Crippen molar-refractivity contribution < 1.29 is 22.3 Å². The summed E-state index contributed by atoms with van der Waals surface area (Å²) in [5.74, 6) is -0.919. The third-order valence-electron chi connectivity index (χ3n) is 3.21. The molecule has 0 saturated carbocycles. The summed E-state index contributed by atoms with van der Waals surface area (Å²) in [5.41, 5.74) is 0.00572. The highest BCUT2D eigenvalue weighted by Crippen LogP contribution is 2.33. The number of hydrogen-bond acceptors (Lipinski definition) is 1. The smallest absolute Gasteiger partial charge is 0.416 e. The van der Waals surface area contributed by atoms with Gasteiger partial charge in [-0.05, 0) is 41.3 Å². The lowest BCUT2D eigenvalue weighted by Gasteiger charge is -2.19. The van der Waals surface area contributed by atoms with Crippen molar-refractivity contribution in [2.75, 3.05) is 0 Å². The fraction of sp³-hybridized carbons (Fsp3) is 0.294. The molecule has 0 aromatic heterocycles. The zero-order chi connectivity index (χ0) is 16.5. The van der Waals surface area contributed by atoms with Crippen LogP contribution in [0.1, 0.15) is 31.9 Å². The summed E-state index contributed by atoms with van der Waals surface area (Å²) in [6.07, 6.45) is -4.58. The molecule has 0 amide bonds. The standard InChI is InChI=1S/C17H16F4O/c1-16(2,3)11-4-7-13(8-5-11)22-15-9-6-12(10-14(15)18)17(19,20)21/h4-10H,1-3H3. The molecule has 0 spiro atoms. The van der Waals surface area contributed by atoms with Gasteiger partial charge in [-0.25, -0.2) is 4.39 Å². The first-order chi connectivity index (χ1) is 10.1. The van der Waals surface area contributed by atoms with Crippen molar-refractivity contribution in [2.45, 2.75) is 32.4 Å². The molecule has 2 aromatic carbocycles. The van der Waals surface area contributed by atoms with Crippen molar-refractivity contribution in [3.05, 3.63) is 59.4 Å². The molecule has 0 unspecified atom stereocenters. The highest BCUT2D eigenvalue weighted by Gasteiger charge is 2.31. The van der Waals surface area contributed by atoms with Crippen molar-refractivity contribution in [2.24, 2.45) is 0 Å². The highest BCUT2D eigenvalue weighted by molar-refractivity contribution is 5.37. The van der Waals surface area contributed by atoms with Gasteiger partial charge in [-0.15, -0.1) is 0 Å². The number of alkyl halides is 3. The first-order valence-corrected chi connectivity index (χ1v) is 6.72. The molecule has 0 bridgehead atoms. The van der Waals surface area contributed by atoms with E-state index >= 15 is 0 Å². The predicted octanol–water partition coefficient (Wildman–Crippen LogP) is 5.93. The van der Waals surface area contributed by atoms with Gasteiger partial charge in [0.15, 0.2) is 11.6 Å². The third kappa shape index (κ3) is 3.78. The Morgan fingerprint density at radius 1 is 0.818 bits per heavy atom. The zero-order valence-corrected chi connectivity index (χ0v) is 12.5. The Bertz CT molecular complexity index is 652. The van der Waals surface area contributed by atoms with Crippen LogP contribution < -0.4 is 4.74 Å². The van der Waals surface area contributed by atoms with E-state index in [0.29, 0.717) is 11.8 Å². The van der Waals surface area contributed by atoms with Crippen LogP contribution in [0.15, 0.2) is 42.5 Å². The van der Waals surface area contributed by atoms with Gasteiger partial charge in [-0.2, -0.15) is 13.2 Å². The van der Waals surface area contributed by atoms with E-state index in [2.05, 4.69) is 20.8 Å². The molecular weight excluding hydrogens is 296 g/mol. The number of benzene rings is 2. The van der Waals surface area contributed by atoms with Crippen LogP contribution in [0.4, 0.5) is 17.6 Å². The van der Waals surface area contributed by atoms with Crippen molar-refractivity contribution in [3.8, 4) is 11.5 Å². The van der Waals surface area contributed by atoms with Crippen molar-refractivity contribution >= 4 is 0 Å². The van der Waals surface area contributed by atoms with Crippen LogP contribution in [0.25, 0.3) is 0 Å². The fourth-order valence-electron chi connectivity index (χ4n) is 1.91. The van der Waals surface area contributed by atoms with Crippen molar-refractivity contribution in [1.29, 1.82) is 0 Å². The quantitative estimate of drug-likeness (QED) is 0.624. The van der Waals surface area contributed by atoms with Gasteiger partial charge in [0.05, 0.1) is 5.56 Å². The van der Waals surface area contributed by atoms with Gasteiger partial charge in [0.25, 0.3) is 0 Å². The lowest BCUT2D eigenvalue weighted by atomic mass is 9.87. The number of ether oxygens (including phenoxy) is 1. The Morgan fingerprint density at radius 3 is 1.82 bits per heavy atom. The first-order valence-electron chi connectivity index (χ1n) is 6.72. The SMILES string of the molecule is CC(C)(C)c1ccc(Oc2ccc(C(F)(F)F)cc2F)cc1. The predicted molar refractivity (Wildman–Crippen MR) is 76.6 cm³/mol. The Balaban J connectivity index is 2.21. The molecule has 0 atom stereocenters. The molecular formula is C17H16F4O. The third-order valence-corrected chi connectivity index (χ3v) is 3.21. The molecule has 2 aromatic rings. The van der Waals surface area contributed by atoms with Gasteiger partial charge in [0.1, 0.15) is 5.75 Å². The molecule has 0 saturated heterocycles. The first kappa shape index (κ1) is 16.3. The highest BCUT2D eigenvalue weighted by atomic mass is 19.4. The second kappa shape index (κ2) is 5.63. The lowest BCUT2D eigenvalue weighted by Crippen LogP contribution is -2.10. The van der Waals surface area contributed by atoms with Gasteiger partial charge in [-0.1, -0.05) is 32.9 Å². The summed E-state index contributed by atoms with van der Waals surface area (Å²) >= 11 is 0. The summed E-state index contributed by atoms with van der Waals surface area (Å²) in [4.78, 5) is 0. The van der Waals surface area contributed by atoms with E-state index in [1.807, 2.05) is 12.1 Å². The monoisotopic (exact) mass is 312 g/mol. The topological polar surface area (TPSA) is 9.23 Å².